The summed E-state index contributed by atoms with van der Waals surface area (Å²) in [6, 6.07) is 5.03. The second-order valence-corrected chi connectivity index (χ2v) is 10.9. The van der Waals surface area contributed by atoms with E-state index < -0.39 is 0 Å². The Balaban J connectivity index is 1.57. The molecule has 0 radical (unpaired) electrons. The zero-order valence-electron chi connectivity index (χ0n) is 19.7. The molecule has 0 N–H and O–H groups in total. The van der Waals surface area contributed by atoms with Gasteiger partial charge in [-0.05, 0) is 92.9 Å². The molecule has 3 aliphatic carbocycles. The lowest BCUT2D eigenvalue weighted by atomic mass is 9.45. The third-order valence-corrected chi connectivity index (χ3v) is 9.67. The first-order valence-electron chi connectivity index (χ1n) is 12.5. The fourth-order valence-corrected chi connectivity index (χ4v) is 8.43. The second-order valence-electron chi connectivity index (χ2n) is 10.9. The van der Waals surface area contributed by atoms with Crippen LogP contribution in [0.2, 0.25) is 0 Å². The standard InChI is InChI=1S/C27H41N3/c1-6-14-27(18-28)21(7-2)8-9-22-24-11-10-23(26(24,5)15-12-25(22)27)19(3)17-30-16-13-20(4)29-30/h13,16,21-25H,3,6-12,14-15,17H2,1-2,4-5H3. The summed E-state index contributed by atoms with van der Waals surface area (Å²) in [5, 5.41) is 15.1. The Morgan fingerprint density at radius 3 is 2.67 bits per heavy atom. The summed E-state index contributed by atoms with van der Waals surface area (Å²) in [7, 11) is 0. The number of fused-ring (bicyclic) bond motifs is 3. The van der Waals surface area contributed by atoms with Gasteiger partial charge in [0, 0.05) is 6.20 Å². The van der Waals surface area contributed by atoms with E-state index in [0.29, 0.717) is 23.2 Å². The molecular formula is C27H41N3. The van der Waals surface area contributed by atoms with E-state index in [4.69, 9.17) is 0 Å². The molecule has 0 amide bonds. The average molecular weight is 408 g/mol. The molecule has 3 saturated carbocycles. The van der Waals surface area contributed by atoms with Crippen molar-refractivity contribution in [3.8, 4) is 6.07 Å². The monoisotopic (exact) mass is 407 g/mol. The fourth-order valence-electron chi connectivity index (χ4n) is 8.43. The fraction of sp³-hybridized carbons (Fsp3) is 0.778. The van der Waals surface area contributed by atoms with E-state index in [1.54, 1.807) is 0 Å². The summed E-state index contributed by atoms with van der Waals surface area (Å²) in [4.78, 5) is 0. The molecule has 1 heterocycles. The van der Waals surface area contributed by atoms with Gasteiger partial charge in [0.15, 0.2) is 0 Å². The van der Waals surface area contributed by atoms with Crippen molar-refractivity contribution in [3.05, 3.63) is 30.1 Å². The van der Waals surface area contributed by atoms with Crippen LogP contribution in [0.3, 0.4) is 0 Å². The zero-order chi connectivity index (χ0) is 21.5. The molecule has 7 unspecified atom stereocenters. The van der Waals surface area contributed by atoms with Gasteiger partial charge in [-0.2, -0.15) is 10.4 Å². The van der Waals surface area contributed by atoms with Gasteiger partial charge < -0.3 is 0 Å². The first-order chi connectivity index (χ1) is 14.4. The normalized spacial score (nSPS) is 40.4. The van der Waals surface area contributed by atoms with E-state index in [1.165, 1.54) is 50.5 Å². The van der Waals surface area contributed by atoms with Crippen LogP contribution in [0.1, 0.15) is 84.3 Å². The molecule has 3 nitrogen and oxygen atoms in total. The van der Waals surface area contributed by atoms with Gasteiger partial charge in [0.1, 0.15) is 0 Å². The molecule has 4 rings (SSSR count). The molecular weight excluding hydrogens is 366 g/mol. The molecule has 30 heavy (non-hydrogen) atoms. The van der Waals surface area contributed by atoms with Crippen LogP contribution < -0.4 is 0 Å². The lowest BCUT2D eigenvalue weighted by Crippen LogP contribution is -2.52. The molecule has 0 aliphatic heterocycles. The molecule has 3 fully saturated rings. The Labute approximate surface area is 183 Å². The van der Waals surface area contributed by atoms with Crippen molar-refractivity contribution in [2.75, 3.05) is 0 Å². The Kier molecular flexibility index (Phi) is 5.90. The zero-order valence-corrected chi connectivity index (χ0v) is 19.7. The van der Waals surface area contributed by atoms with E-state index in [2.05, 4.69) is 62.4 Å². The van der Waals surface area contributed by atoms with Gasteiger partial charge in [-0.3, -0.25) is 4.68 Å². The maximum Gasteiger partial charge on any atom is 0.0695 e. The Morgan fingerprint density at radius 1 is 1.23 bits per heavy atom. The van der Waals surface area contributed by atoms with Crippen LogP contribution in [-0.4, -0.2) is 9.78 Å². The number of hydrogen-bond acceptors (Lipinski definition) is 2. The van der Waals surface area contributed by atoms with Crippen LogP contribution in [0, 0.1) is 58.7 Å². The molecule has 164 valence electrons. The van der Waals surface area contributed by atoms with Gasteiger partial charge >= 0.3 is 0 Å². The number of allylic oxidation sites excluding steroid dienone is 1. The molecule has 0 spiro atoms. The topological polar surface area (TPSA) is 41.6 Å². The van der Waals surface area contributed by atoms with Gasteiger partial charge in [0.2, 0.25) is 0 Å². The second kappa shape index (κ2) is 8.18. The summed E-state index contributed by atoms with van der Waals surface area (Å²) in [5.41, 5.74) is 2.72. The summed E-state index contributed by atoms with van der Waals surface area (Å²) >= 11 is 0. The van der Waals surface area contributed by atoms with E-state index in [0.717, 1.165) is 36.9 Å². The van der Waals surface area contributed by atoms with Crippen molar-refractivity contribution < 1.29 is 0 Å². The summed E-state index contributed by atoms with van der Waals surface area (Å²) in [6.07, 6.45) is 13.2. The largest absolute Gasteiger partial charge is 0.268 e. The molecule has 0 aromatic carbocycles. The van der Waals surface area contributed by atoms with Crippen molar-refractivity contribution >= 4 is 0 Å². The highest BCUT2D eigenvalue weighted by molar-refractivity contribution is 5.19. The first-order valence-corrected chi connectivity index (χ1v) is 12.5. The Hall–Kier alpha value is -1.56. The predicted molar refractivity (Wildman–Crippen MR) is 123 cm³/mol. The van der Waals surface area contributed by atoms with Crippen molar-refractivity contribution in [2.45, 2.75) is 92.0 Å². The average Bonchev–Trinajstić information content (AvgIpc) is 3.30. The van der Waals surface area contributed by atoms with Gasteiger partial charge in [-0.25, -0.2) is 0 Å². The molecule has 0 bridgehead atoms. The van der Waals surface area contributed by atoms with Gasteiger partial charge in [0.25, 0.3) is 0 Å². The van der Waals surface area contributed by atoms with Crippen molar-refractivity contribution in [1.82, 2.24) is 9.78 Å². The predicted octanol–water partition coefficient (Wildman–Crippen LogP) is 6.94. The Morgan fingerprint density at radius 2 is 2.03 bits per heavy atom. The smallest absolute Gasteiger partial charge is 0.0695 e. The SMILES string of the molecule is C=C(Cn1ccc(C)n1)C1CCC2C3CCC(CC)C(C#N)(CCC)C3CCC12C. The lowest BCUT2D eigenvalue weighted by Gasteiger charge is -2.58. The summed E-state index contributed by atoms with van der Waals surface area (Å²) < 4.78 is 2.06. The van der Waals surface area contributed by atoms with E-state index in [9.17, 15) is 5.26 Å². The van der Waals surface area contributed by atoms with Crippen LogP contribution in [-0.2, 0) is 6.54 Å². The summed E-state index contributed by atoms with van der Waals surface area (Å²) in [6.45, 7) is 14.6. The number of aromatic nitrogens is 2. The number of rotatable bonds is 6. The van der Waals surface area contributed by atoms with Crippen molar-refractivity contribution in [1.29, 1.82) is 5.26 Å². The van der Waals surface area contributed by atoms with E-state index in [1.807, 2.05) is 0 Å². The molecule has 0 saturated heterocycles. The van der Waals surface area contributed by atoms with Crippen molar-refractivity contribution in [3.63, 3.8) is 0 Å². The minimum atomic E-state index is -0.0740. The quantitative estimate of drug-likeness (QED) is 0.479. The molecule has 7 atom stereocenters. The number of aryl methyl sites for hydroxylation is 1. The maximum absolute atomic E-state index is 10.5. The maximum atomic E-state index is 10.5. The number of hydrogen-bond donors (Lipinski definition) is 0. The highest BCUT2D eigenvalue weighted by Crippen LogP contribution is 2.67. The van der Waals surface area contributed by atoms with Crippen LogP contribution in [0.5, 0.6) is 0 Å². The van der Waals surface area contributed by atoms with Gasteiger partial charge in [-0.1, -0.05) is 45.8 Å². The highest BCUT2D eigenvalue weighted by Gasteiger charge is 2.60. The van der Waals surface area contributed by atoms with Crippen LogP contribution in [0.15, 0.2) is 24.4 Å². The first kappa shape index (κ1) is 21.7. The summed E-state index contributed by atoms with van der Waals surface area (Å²) in [5.74, 6) is 3.31. The van der Waals surface area contributed by atoms with Crippen LogP contribution in [0.4, 0.5) is 0 Å². The van der Waals surface area contributed by atoms with Crippen LogP contribution >= 0.6 is 0 Å². The number of nitriles is 1. The molecule has 1 aromatic heterocycles. The van der Waals surface area contributed by atoms with Gasteiger partial charge in [-0.15, -0.1) is 0 Å². The number of nitrogens with zero attached hydrogens (tertiary/aromatic N) is 3. The third-order valence-electron chi connectivity index (χ3n) is 9.67. The third kappa shape index (κ3) is 3.26. The minimum absolute atomic E-state index is 0.0740. The molecule has 3 aliphatic rings. The van der Waals surface area contributed by atoms with E-state index in [-0.39, 0.29) is 5.41 Å². The molecule has 3 heteroatoms. The van der Waals surface area contributed by atoms with Crippen LogP contribution in [0.25, 0.3) is 0 Å². The minimum Gasteiger partial charge on any atom is -0.268 e. The molecule has 1 aromatic rings. The Bertz CT molecular complexity index is 816. The highest BCUT2D eigenvalue weighted by atomic mass is 15.3. The van der Waals surface area contributed by atoms with Crippen molar-refractivity contribution in [2.24, 2.45) is 40.4 Å². The lowest BCUT2D eigenvalue weighted by molar-refractivity contribution is -0.0801. The van der Waals surface area contributed by atoms with Gasteiger partial charge in [0.05, 0.1) is 23.7 Å². The van der Waals surface area contributed by atoms with E-state index >= 15 is 0 Å².